The van der Waals surface area contributed by atoms with Crippen molar-refractivity contribution >= 4 is 50.8 Å². The van der Waals surface area contributed by atoms with Gasteiger partial charge in [0.25, 0.3) is 5.91 Å². The summed E-state index contributed by atoms with van der Waals surface area (Å²) in [7, 11) is 0. The Morgan fingerprint density at radius 1 is 1.26 bits per heavy atom. The molecule has 0 spiro atoms. The minimum atomic E-state index is -1.04. The number of carbonyl (C=O) groups excluding carboxylic acids is 1. The second-order valence-electron chi connectivity index (χ2n) is 3.84. The lowest BCUT2D eigenvalue weighted by atomic mass is 10.2. The zero-order chi connectivity index (χ0) is 14.0. The number of thiophene rings is 1. The largest absolute Gasteiger partial charge is 0.478 e. The average Bonchev–Trinajstić information content (AvgIpc) is 2.70. The summed E-state index contributed by atoms with van der Waals surface area (Å²) >= 11 is 3.33. The van der Waals surface area contributed by atoms with Crippen molar-refractivity contribution in [3.05, 3.63) is 49.9 Å². The number of carboxylic acid groups (broad SMARTS) is 1. The highest BCUT2D eigenvalue weighted by molar-refractivity contribution is 14.1. The molecule has 19 heavy (non-hydrogen) atoms. The Morgan fingerprint density at radius 3 is 2.58 bits per heavy atom. The summed E-state index contributed by atoms with van der Waals surface area (Å²) in [4.78, 5) is 24.0. The van der Waals surface area contributed by atoms with Gasteiger partial charge in [-0.25, -0.2) is 4.79 Å². The van der Waals surface area contributed by atoms with Gasteiger partial charge in [0.15, 0.2) is 0 Å². The van der Waals surface area contributed by atoms with E-state index >= 15 is 0 Å². The van der Waals surface area contributed by atoms with Crippen molar-refractivity contribution in [2.45, 2.75) is 6.92 Å². The molecule has 1 aromatic carbocycles. The number of halogens is 1. The van der Waals surface area contributed by atoms with Crippen molar-refractivity contribution in [3.8, 4) is 0 Å². The molecule has 0 fully saturated rings. The van der Waals surface area contributed by atoms with Crippen LogP contribution in [-0.2, 0) is 0 Å². The zero-order valence-electron chi connectivity index (χ0n) is 9.94. The highest BCUT2D eigenvalue weighted by atomic mass is 127. The molecule has 98 valence electrons. The van der Waals surface area contributed by atoms with Gasteiger partial charge in [0.05, 0.1) is 11.1 Å². The molecule has 0 saturated heterocycles. The van der Waals surface area contributed by atoms with Crippen molar-refractivity contribution in [1.29, 1.82) is 0 Å². The molecular weight excluding hydrogens is 377 g/mol. The topological polar surface area (TPSA) is 66.4 Å². The van der Waals surface area contributed by atoms with Gasteiger partial charge < -0.3 is 10.4 Å². The lowest BCUT2D eigenvalue weighted by Crippen LogP contribution is -2.14. The Labute approximate surface area is 127 Å². The third-order valence-electron chi connectivity index (χ3n) is 2.43. The van der Waals surface area contributed by atoms with Gasteiger partial charge in [-0.3, -0.25) is 4.79 Å². The molecule has 0 aliphatic heterocycles. The number of benzene rings is 1. The van der Waals surface area contributed by atoms with Gasteiger partial charge in [-0.15, -0.1) is 11.3 Å². The van der Waals surface area contributed by atoms with Crippen LogP contribution in [0, 0.1) is 10.5 Å². The normalized spacial score (nSPS) is 10.2. The van der Waals surface area contributed by atoms with Gasteiger partial charge in [0.1, 0.15) is 5.00 Å². The van der Waals surface area contributed by atoms with Crippen molar-refractivity contribution in [2.75, 3.05) is 5.32 Å². The fraction of sp³-hybridized carbons (Fsp3) is 0.0769. The first-order valence-corrected chi connectivity index (χ1v) is 7.28. The second kappa shape index (κ2) is 5.70. The van der Waals surface area contributed by atoms with Crippen LogP contribution in [0.2, 0.25) is 0 Å². The van der Waals surface area contributed by atoms with E-state index in [4.69, 9.17) is 5.11 Å². The molecular formula is C13H10INO3S. The van der Waals surface area contributed by atoms with Gasteiger partial charge in [-0.05, 0) is 47.7 Å². The molecule has 2 rings (SSSR count). The van der Waals surface area contributed by atoms with Crippen LogP contribution in [0.1, 0.15) is 25.6 Å². The van der Waals surface area contributed by atoms with Crippen LogP contribution in [0.25, 0.3) is 0 Å². The first-order chi connectivity index (χ1) is 8.99. The third kappa shape index (κ3) is 3.13. The Hall–Kier alpha value is -1.41. The third-order valence-corrected chi connectivity index (χ3v) is 4.34. The van der Waals surface area contributed by atoms with E-state index in [0.717, 1.165) is 8.45 Å². The molecule has 4 nitrogen and oxygen atoms in total. The molecule has 2 N–H and O–H groups in total. The van der Waals surface area contributed by atoms with E-state index in [2.05, 4.69) is 27.9 Å². The molecule has 6 heteroatoms. The van der Waals surface area contributed by atoms with Crippen molar-refractivity contribution in [3.63, 3.8) is 0 Å². The molecule has 0 atom stereocenters. The predicted octanol–water partition coefficient (Wildman–Crippen LogP) is 3.61. The number of carboxylic acids is 1. The van der Waals surface area contributed by atoms with Gasteiger partial charge in [-0.2, -0.15) is 0 Å². The molecule has 0 aliphatic rings. The highest BCUT2D eigenvalue weighted by Crippen LogP contribution is 2.28. The number of aromatic carboxylic acids is 1. The first kappa shape index (κ1) is 14.0. The average molecular weight is 387 g/mol. The number of hydrogen-bond donors (Lipinski definition) is 2. The quantitative estimate of drug-likeness (QED) is 0.791. The fourth-order valence-electron chi connectivity index (χ4n) is 1.58. The monoisotopic (exact) mass is 387 g/mol. The van der Waals surface area contributed by atoms with E-state index in [1.165, 1.54) is 11.3 Å². The molecule has 0 saturated carbocycles. The summed E-state index contributed by atoms with van der Waals surface area (Å²) in [5.74, 6) is -1.34. The van der Waals surface area contributed by atoms with Gasteiger partial charge >= 0.3 is 5.97 Å². The van der Waals surface area contributed by atoms with Gasteiger partial charge in [0, 0.05) is 8.45 Å². The van der Waals surface area contributed by atoms with E-state index in [9.17, 15) is 9.59 Å². The Kier molecular flexibility index (Phi) is 4.20. The van der Waals surface area contributed by atoms with E-state index in [-0.39, 0.29) is 11.5 Å². The zero-order valence-corrected chi connectivity index (χ0v) is 12.9. The van der Waals surface area contributed by atoms with Crippen LogP contribution in [0.4, 0.5) is 5.00 Å². The predicted molar refractivity (Wildman–Crippen MR) is 83.1 cm³/mol. The molecule has 1 aromatic heterocycles. The molecule has 1 amide bonds. The van der Waals surface area contributed by atoms with Crippen LogP contribution in [0.3, 0.4) is 0 Å². The van der Waals surface area contributed by atoms with Crippen molar-refractivity contribution in [2.24, 2.45) is 0 Å². The van der Waals surface area contributed by atoms with Crippen LogP contribution >= 0.6 is 33.9 Å². The van der Waals surface area contributed by atoms with E-state index in [1.807, 2.05) is 12.1 Å². The maximum absolute atomic E-state index is 12.1. The van der Waals surface area contributed by atoms with E-state index in [1.54, 1.807) is 25.1 Å². The highest BCUT2D eigenvalue weighted by Gasteiger charge is 2.17. The molecule has 0 radical (unpaired) electrons. The van der Waals surface area contributed by atoms with Crippen molar-refractivity contribution < 1.29 is 14.7 Å². The Bertz CT molecular complexity index is 651. The Balaban J connectivity index is 2.29. The number of aryl methyl sites for hydroxylation is 1. The molecule has 1 heterocycles. The summed E-state index contributed by atoms with van der Waals surface area (Å²) < 4.78 is 0.822. The Morgan fingerprint density at radius 2 is 1.95 bits per heavy atom. The van der Waals surface area contributed by atoms with Crippen LogP contribution < -0.4 is 5.32 Å². The number of carbonyl (C=O) groups is 2. The SMILES string of the molecule is Cc1cc(C(=O)O)c(NC(=O)c2ccccc2I)s1. The smallest absolute Gasteiger partial charge is 0.338 e. The number of amides is 1. The molecule has 0 bridgehead atoms. The standard InChI is InChI=1S/C13H10INO3S/c1-7-6-9(13(17)18)12(19-7)15-11(16)8-4-2-3-5-10(8)14/h2-6H,1H3,(H,15,16)(H,17,18). The molecule has 2 aromatic rings. The first-order valence-electron chi connectivity index (χ1n) is 5.38. The lowest BCUT2D eigenvalue weighted by molar-refractivity contribution is 0.0698. The number of nitrogens with one attached hydrogen (secondary N) is 1. The molecule has 0 aliphatic carbocycles. The van der Waals surface area contributed by atoms with E-state index in [0.29, 0.717) is 10.6 Å². The summed E-state index contributed by atoms with van der Waals surface area (Å²) in [5.41, 5.74) is 0.660. The lowest BCUT2D eigenvalue weighted by Gasteiger charge is -2.05. The fourth-order valence-corrected chi connectivity index (χ4v) is 3.11. The molecule has 0 unspecified atom stereocenters. The number of anilines is 1. The summed E-state index contributed by atoms with van der Waals surface area (Å²) in [6.45, 7) is 1.80. The second-order valence-corrected chi connectivity index (χ2v) is 6.26. The van der Waals surface area contributed by atoms with Crippen LogP contribution in [-0.4, -0.2) is 17.0 Å². The minimum Gasteiger partial charge on any atom is -0.478 e. The van der Waals surface area contributed by atoms with Gasteiger partial charge in [-0.1, -0.05) is 12.1 Å². The van der Waals surface area contributed by atoms with Crippen molar-refractivity contribution in [1.82, 2.24) is 0 Å². The minimum absolute atomic E-state index is 0.127. The summed E-state index contributed by atoms with van der Waals surface area (Å²) in [5, 5.41) is 12.1. The summed E-state index contributed by atoms with van der Waals surface area (Å²) in [6, 6.07) is 8.70. The summed E-state index contributed by atoms with van der Waals surface area (Å²) in [6.07, 6.45) is 0. The maximum atomic E-state index is 12.1. The van der Waals surface area contributed by atoms with E-state index < -0.39 is 5.97 Å². The number of rotatable bonds is 3. The maximum Gasteiger partial charge on any atom is 0.338 e. The van der Waals surface area contributed by atoms with Crippen LogP contribution in [0.15, 0.2) is 30.3 Å². The van der Waals surface area contributed by atoms with Crippen LogP contribution in [0.5, 0.6) is 0 Å². The van der Waals surface area contributed by atoms with Gasteiger partial charge in [0.2, 0.25) is 0 Å². The number of hydrogen-bond acceptors (Lipinski definition) is 3.